The first kappa shape index (κ1) is 19.6. The van der Waals surface area contributed by atoms with E-state index in [1.165, 1.54) is 6.26 Å². The zero-order valence-electron chi connectivity index (χ0n) is 15.9. The van der Waals surface area contributed by atoms with Gasteiger partial charge in [0.1, 0.15) is 5.75 Å². The van der Waals surface area contributed by atoms with Crippen LogP contribution in [0, 0.1) is 11.8 Å². The van der Waals surface area contributed by atoms with Crippen LogP contribution in [0.3, 0.4) is 0 Å². The highest BCUT2D eigenvalue weighted by Crippen LogP contribution is 2.28. The number of benzene rings is 1. The molecule has 7 heteroatoms. The van der Waals surface area contributed by atoms with Crippen molar-refractivity contribution in [3.8, 4) is 5.75 Å². The Balaban J connectivity index is 1.42. The highest BCUT2D eigenvalue weighted by Gasteiger charge is 2.24. The third-order valence-electron chi connectivity index (χ3n) is 5.27. The van der Waals surface area contributed by atoms with Gasteiger partial charge in [-0.25, -0.2) is 18.4 Å². The van der Waals surface area contributed by atoms with Gasteiger partial charge in [-0.1, -0.05) is 6.92 Å². The van der Waals surface area contributed by atoms with Crippen molar-refractivity contribution in [2.24, 2.45) is 11.8 Å². The molecule has 0 radical (unpaired) electrons. The number of hydrogen-bond acceptors (Lipinski definition) is 6. The quantitative estimate of drug-likeness (QED) is 0.724. The Kier molecular flexibility index (Phi) is 6.31. The molecule has 6 nitrogen and oxygen atoms in total. The van der Waals surface area contributed by atoms with E-state index in [9.17, 15) is 8.42 Å². The maximum atomic E-state index is 11.5. The lowest BCUT2D eigenvalue weighted by Gasteiger charge is -2.34. The second-order valence-corrected chi connectivity index (χ2v) is 9.25. The second kappa shape index (κ2) is 8.69. The molecule has 0 N–H and O–H groups in total. The van der Waals surface area contributed by atoms with Gasteiger partial charge in [-0.3, -0.25) is 0 Å². The van der Waals surface area contributed by atoms with Crippen molar-refractivity contribution < 1.29 is 13.2 Å². The van der Waals surface area contributed by atoms with Gasteiger partial charge in [0.2, 0.25) is 5.95 Å². The fraction of sp³-hybridized carbons (Fsp3) is 0.500. The predicted octanol–water partition coefficient (Wildman–Crippen LogP) is 3.20. The Hall–Kier alpha value is -2.15. The summed E-state index contributed by atoms with van der Waals surface area (Å²) in [6.45, 7) is 4.91. The average Bonchev–Trinajstić information content (AvgIpc) is 2.68. The smallest absolute Gasteiger partial charge is 0.225 e. The van der Waals surface area contributed by atoms with Gasteiger partial charge < -0.3 is 9.64 Å². The van der Waals surface area contributed by atoms with E-state index in [1.807, 2.05) is 6.07 Å². The lowest BCUT2D eigenvalue weighted by atomic mass is 9.84. The lowest BCUT2D eigenvalue weighted by molar-refractivity contribution is 0.222. The molecule has 27 heavy (non-hydrogen) atoms. The number of rotatable bonds is 7. The lowest BCUT2D eigenvalue weighted by Crippen LogP contribution is -2.36. The minimum Gasteiger partial charge on any atom is -0.494 e. The van der Waals surface area contributed by atoms with Gasteiger partial charge in [0, 0.05) is 31.7 Å². The maximum absolute atomic E-state index is 11.5. The number of anilines is 1. The van der Waals surface area contributed by atoms with Gasteiger partial charge in [0.25, 0.3) is 0 Å². The maximum Gasteiger partial charge on any atom is 0.225 e. The molecule has 1 aromatic heterocycles. The van der Waals surface area contributed by atoms with E-state index in [1.54, 1.807) is 36.7 Å². The van der Waals surface area contributed by atoms with Crippen molar-refractivity contribution in [2.75, 3.05) is 30.9 Å². The summed E-state index contributed by atoms with van der Waals surface area (Å²) in [5.41, 5.74) is 0. The summed E-state index contributed by atoms with van der Waals surface area (Å²) in [5, 5.41) is 0. The van der Waals surface area contributed by atoms with Crippen LogP contribution in [0.5, 0.6) is 5.75 Å². The van der Waals surface area contributed by atoms with Crippen LogP contribution in [0.2, 0.25) is 0 Å². The molecule has 0 spiro atoms. The topological polar surface area (TPSA) is 72.4 Å². The normalized spacial score (nSPS) is 16.9. The van der Waals surface area contributed by atoms with E-state index >= 15 is 0 Å². The van der Waals surface area contributed by atoms with Gasteiger partial charge in [0.15, 0.2) is 9.84 Å². The molecule has 0 unspecified atom stereocenters. The Morgan fingerprint density at radius 3 is 2.37 bits per heavy atom. The number of nitrogens with zero attached hydrogens (tertiary/aromatic N) is 3. The minimum atomic E-state index is -3.16. The molecular weight excluding hydrogens is 362 g/mol. The SMILES string of the molecule is C[C@H](CCOc1ccc(S(C)(=O)=O)cc1)C1CCN(c2ncccn2)CC1. The molecule has 1 saturated heterocycles. The fourth-order valence-electron chi connectivity index (χ4n) is 3.50. The van der Waals surface area contributed by atoms with Crippen LogP contribution < -0.4 is 9.64 Å². The van der Waals surface area contributed by atoms with E-state index in [-0.39, 0.29) is 0 Å². The summed E-state index contributed by atoms with van der Waals surface area (Å²) in [6.07, 6.45) is 8.05. The monoisotopic (exact) mass is 389 g/mol. The van der Waals surface area contributed by atoms with E-state index in [4.69, 9.17) is 4.74 Å². The first-order valence-corrected chi connectivity index (χ1v) is 11.3. The molecule has 2 aromatic rings. The summed E-state index contributed by atoms with van der Waals surface area (Å²) < 4.78 is 28.8. The van der Waals surface area contributed by atoms with E-state index in [0.29, 0.717) is 29.1 Å². The first-order valence-electron chi connectivity index (χ1n) is 9.38. The fourth-order valence-corrected chi connectivity index (χ4v) is 4.13. The number of aromatic nitrogens is 2. The number of hydrogen-bond donors (Lipinski definition) is 0. The predicted molar refractivity (Wildman–Crippen MR) is 106 cm³/mol. The van der Waals surface area contributed by atoms with Gasteiger partial charge in [-0.15, -0.1) is 0 Å². The number of piperidine rings is 1. The van der Waals surface area contributed by atoms with Gasteiger partial charge in [0.05, 0.1) is 11.5 Å². The molecule has 0 aliphatic carbocycles. The summed E-state index contributed by atoms with van der Waals surface area (Å²) in [5.74, 6) is 2.80. The molecule has 146 valence electrons. The molecular formula is C20H27N3O3S. The third kappa shape index (κ3) is 5.42. The van der Waals surface area contributed by atoms with Gasteiger partial charge in [-0.2, -0.15) is 0 Å². The molecule has 1 atom stereocenters. The van der Waals surface area contributed by atoms with Crippen LogP contribution in [-0.2, 0) is 9.84 Å². The second-order valence-electron chi connectivity index (χ2n) is 7.23. The molecule has 1 fully saturated rings. The van der Waals surface area contributed by atoms with Crippen LogP contribution in [0.1, 0.15) is 26.2 Å². The molecule has 1 aromatic carbocycles. The first-order chi connectivity index (χ1) is 12.9. The van der Waals surface area contributed by atoms with Crippen LogP contribution in [0.15, 0.2) is 47.6 Å². The summed E-state index contributed by atoms with van der Waals surface area (Å²) in [7, 11) is -3.16. The zero-order valence-corrected chi connectivity index (χ0v) is 16.7. The summed E-state index contributed by atoms with van der Waals surface area (Å²) >= 11 is 0. The van der Waals surface area contributed by atoms with Crippen LogP contribution >= 0.6 is 0 Å². The molecule has 1 aliphatic heterocycles. The van der Waals surface area contributed by atoms with Crippen LogP contribution in [0.4, 0.5) is 5.95 Å². The Bertz CT molecular complexity index is 817. The van der Waals surface area contributed by atoms with Crippen molar-refractivity contribution in [1.82, 2.24) is 9.97 Å². The Morgan fingerprint density at radius 1 is 1.15 bits per heavy atom. The van der Waals surface area contributed by atoms with E-state index in [0.717, 1.165) is 38.3 Å². The largest absolute Gasteiger partial charge is 0.494 e. The summed E-state index contributed by atoms with van der Waals surface area (Å²) in [6, 6.07) is 8.47. The molecule has 2 heterocycles. The van der Waals surface area contributed by atoms with Crippen molar-refractivity contribution in [2.45, 2.75) is 31.1 Å². The molecule has 0 saturated carbocycles. The molecule has 0 amide bonds. The van der Waals surface area contributed by atoms with E-state index in [2.05, 4.69) is 21.8 Å². The Morgan fingerprint density at radius 2 is 1.78 bits per heavy atom. The van der Waals surface area contributed by atoms with E-state index < -0.39 is 9.84 Å². The number of ether oxygens (including phenoxy) is 1. The van der Waals surface area contributed by atoms with Crippen molar-refractivity contribution in [1.29, 1.82) is 0 Å². The highest BCUT2D eigenvalue weighted by atomic mass is 32.2. The average molecular weight is 390 g/mol. The minimum absolute atomic E-state index is 0.317. The molecule has 3 rings (SSSR count). The highest BCUT2D eigenvalue weighted by molar-refractivity contribution is 7.90. The van der Waals surface area contributed by atoms with Gasteiger partial charge in [-0.05, 0) is 61.4 Å². The third-order valence-corrected chi connectivity index (χ3v) is 6.40. The van der Waals surface area contributed by atoms with Crippen molar-refractivity contribution in [3.63, 3.8) is 0 Å². The van der Waals surface area contributed by atoms with Gasteiger partial charge >= 0.3 is 0 Å². The molecule has 1 aliphatic rings. The van der Waals surface area contributed by atoms with Crippen molar-refractivity contribution >= 4 is 15.8 Å². The van der Waals surface area contributed by atoms with Crippen molar-refractivity contribution in [3.05, 3.63) is 42.7 Å². The Labute approximate surface area is 161 Å². The zero-order chi connectivity index (χ0) is 19.3. The van der Waals surface area contributed by atoms with Crippen LogP contribution in [-0.4, -0.2) is 44.3 Å². The standard InChI is InChI=1S/C20H27N3O3S/c1-16(10-15-26-18-4-6-19(7-5-18)27(2,24)25)17-8-13-23(14-9-17)20-21-11-3-12-22-20/h3-7,11-12,16-17H,8-10,13-15H2,1-2H3/t16-/m1/s1. The molecule has 0 bridgehead atoms. The van der Waals surface area contributed by atoms with Crippen LogP contribution in [0.25, 0.3) is 0 Å². The summed E-state index contributed by atoms with van der Waals surface area (Å²) in [4.78, 5) is 11.2. The number of sulfone groups is 1.